The number of sulfonamides is 1. The minimum Gasteiger partial charge on any atom is -0.477 e. The van der Waals surface area contributed by atoms with Crippen LogP contribution in [-0.4, -0.2) is 19.5 Å². The van der Waals surface area contributed by atoms with E-state index in [0.717, 1.165) is 16.9 Å². The average molecular weight is 311 g/mol. The number of hydrogen-bond donors (Lipinski definition) is 2. The van der Waals surface area contributed by atoms with Gasteiger partial charge in [0.25, 0.3) is 0 Å². The minimum absolute atomic E-state index is 0.0170. The van der Waals surface area contributed by atoms with E-state index in [0.29, 0.717) is 5.56 Å². The molecule has 20 heavy (non-hydrogen) atoms. The van der Waals surface area contributed by atoms with E-state index in [2.05, 4.69) is 4.72 Å². The second-order valence-corrected chi connectivity index (χ2v) is 7.24. The standard InChI is InChI=1S/C13H13NO4S2/c1-9-7-11(19-12(9)13(15)16)20(17,18)14-8-10-5-3-2-4-6-10/h2-7,14H,8H2,1H3,(H,15,16). The predicted molar refractivity (Wildman–Crippen MR) is 76.5 cm³/mol. The lowest BCUT2D eigenvalue weighted by molar-refractivity contribution is 0.0701. The van der Waals surface area contributed by atoms with Crippen LogP contribution in [0.3, 0.4) is 0 Å². The number of aromatic carboxylic acids is 1. The first-order valence-corrected chi connectivity index (χ1v) is 8.07. The van der Waals surface area contributed by atoms with Crippen molar-refractivity contribution in [1.29, 1.82) is 0 Å². The molecule has 0 bridgehead atoms. The highest BCUT2D eigenvalue weighted by Gasteiger charge is 2.21. The third-order valence-electron chi connectivity index (χ3n) is 2.66. The number of rotatable bonds is 5. The molecule has 0 aliphatic rings. The number of aryl methyl sites for hydroxylation is 1. The van der Waals surface area contributed by atoms with Gasteiger partial charge < -0.3 is 5.11 Å². The molecule has 2 rings (SSSR count). The van der Waals surface area contributed by atoms with Crippen LogP contribution >= 0.6 is 11.3 Å². The molecule has 1 heterocycles. The summed E-state index contributed by atoms with van der Waals surface area (Å²) >= 11 is 0.760. The number of thiophene rings is 1. The Morgan fingerprint density at radius 3 is 2.50 bits per heavy atom. The number of hydrogen-bond acceptors (Lipinski definition) is 4. The summed E-state index contributed by atoms with van der Waals surface area (Å²) in [6.07, 6.45) is 0. The Balaban J connectivity index is 2.18. The zero-order valence-electron chi connectivity index (χ0n) is 10.7. The lowest BCUT2D eigenvalue weighted by Gasteiger charge is -2.04. The van der Waals surface area contributed by atoms with E-state index >= 15 is 0 Å². The van der Waals surface area contributed by atoms with E-state index < -0.39 is 16.0 Å². The molecule has 0 radical (unpaired) electrons. The van der Waals surface area contributed by atoms with Gasteiger partial charge in [0.1, 0.15) is 9.09 Å². The fraction of sp³-hybridized carbons (Fsp3) is 0.154. The van der Waals surface area contributed by atoms with Crippen molar-refractivity contribution in [1.82, 2.24) is 4.72 Å². The SMILES string of the molecule is Cc1cc(S(=O)(=O)NCc2ccccc2)sc1C(=O)O. The van der Waals surface area contributed by atoms with Gasteiger partial charge in [-0.15, -0.1) is 11.3 Å². The third-order valence-corrected chi connectivity index (χ3v) is 5.76. The van der Waals surface area contributed by atoms with Crippen molar-refractivity contribution in [3.63, 3.8) is 0 Å². The highest BCUT2D eigenvalue weighted by molar-refractivity contribution is 7.91. The van der Waals surface area contributed by atoms with Crippen LogP contribution in [0.5, 0.6) is 0 Å². The van der Waals surface area contributed by atoms with Gasteiger partial charge in [-0.2, -0.15) is 0 Å². The Morgan fingerprint density at radius 2 is 1.95 bits per heavy atom. The molecule has 2 aromatic rings. The van der Waals surface area contributed by atoms with Crippen molar-refractivity contribution < 1.29 is 18.3 Å². The summed E-state index contributed by atoms with van der Waals surface area (Å²) in [5, 5.41) is 8.95. The monoisotopic (exact) mass is 311 g/mol. The molecule has 0 aliphatic carbocycles. The van der Waals surface area contributed by atoms with Gasteiger partial charge in [0.05, 0.1) is 0 Å². The molecule has 0 saturated carbocycles. The molecule has 1 aromatic carbocycles. The van der Waals surface area contributed by atoms with Crippen LogP contribution in [0.1, 0.15) is 20.8 Å². The van der Waals surface area contributed by atoms with Crippen molar-refractivity contribution in [3.05, 3.63) is 52.4 Å². The summed E-state index contributed by atoms with van der Waals surface area (Å²) in [5.74, 6) is -1.11. The lowest BCUT2D eigenvalue weighted by atomic mass is 10.2. The van der Waals surface area contributed by atoms with Crippen molar-refractivity contribution in [3.8, 4) is 0 Å². The summed E-state index contributed by atoms with van der Waals surface area (Å²) in [6.45, 7) is 1.75. The molecule has 2 N–H and O–H groups in total. The smallest absolute Gasteiger partial charge is 0.346 e. The molecule has 0 unspecified atom stereocenters. The first kappa shape index (κ1) is 14.7. The number of carboxylic acids is 1. The molecule has 7 heteroatoms. The highest BCUT2D eigenvalue weighted by Crippen LogP contribution is 2.25. The summed E-state index contributed by atoms with van der Waals surface area (Å²) in [6, 6.07) is 10.5. The maximum Gasteiger partial charge on any atom is 0.346 e. The van der Waals surface area contributed by atoms with Crippen molar-refractivity contribution >= 4 is 27.3 Å². The fourth-order valence-electron chi connectivity index (χ4n) is 1.64. The van der Waals surface area contributed by atoms with Crippen LogP contribution < -0.4 is 4.72 Å². The second kappa shape index (κ2) is 5.74. The van der Waals surface area contributed by atoms with Crippen LogP contribution in [0.2, 0.25) is 0 Å². The molecule has 5 nitrogen and oxygen atoms in total. The number of benzene rings is 1. The Bertz CT molecular complexity index is 720. The third kappa shape index (κ3) is 3.24. The molecule has 106 valence electrons. The molecule has 0 amide bonds. The average Bonchev–Trinajstić information content (AvgIpc) is 2.81. The van der Waals surface area contributed by atoms with Crippen LogP contribution in [0, 0.1) is 6.92 Å². The van der Waals surface area contributed by atoms with Gasteiger partial charge in [-0.25, -0.2) is 17.9 Å². The normalized spacial score (nSPS) is 11.4. The van der Waals surface area contributed by atoms with Gasteiger partial charge in [-0.05, 0) is 24.1 Å². The summed E-state index contributed by atoms with van der Waals surface area (Å²) < 4.78 is 26.7. The fourth-order valence-corrected chi connectivity index (χ4v) is 4.08. The zero-order valence-corrected chi connectivity index (χ0v) is 12.3. The Hall–Kier alpha value is -1.70. The Labute approximate surface area is 120 Å². The van der Waals surface area contributed by atoms with E-state index in [1.165, 1.54) is 6.07 Å². The minimum atomic E-state index is -3.69. The highest BCUT2D eigenvalue weighted by atomic mass is 32.2. The van der Waals surface area contributed by atoms with E-state index in [1.807, 2.05) is 30.3 Å². The van der Waals surface area contributed by atoms with Gasteiger partial charge in [0, 0.05) is 6.54 Å². The summed E-state index contributed by atoms with van der Waals surface area (Å²) in [7, 11) is -3.69. The Kier molecular flexibility index (Phi) is 4.22. The van der Waals surface area contributed by atoms with Gasteiger partial charge in [-0.1, -0.05) is 30.3 Å². The molecular weight excluding hydrogens is 298 g/mol. The first-order chi connectivity index (χ1) is 9.40. The molecule has 0 atom stereocenters. The number of nitrogens with one attached hydrogen (secondary N) is 1. The molecule has 0 fully saturated rings. The topological polar surface area (TPSA) is 83.5 Å². The number of carboxylic acid groups (broad SMARTS) is 1. The van der Waals surface area contributed by atoms with E-state index in [1.54, 1.807) is 6.92 Å². The van der Waals surface area contributed by atoms with Gasteiger partial charge in [-0.3, -0.25) is 0 Å². The van der Waals surface area contributed by atoms with E-state index in [4.69, 9.17) is 5.11 Å². The Morgan fingerprint density at radius 1 is 1.30 bits per heavy atom. The van der Waals surface area contributed by atoms with Crippen molar-refractivity contribution in [2.45, 2.75) is 17.7 Å². The molecule has 1 aromatic heterocycles. The summed E-state index contributed by atoms with van der Waals surface area (Å²) in [5.41, 5.74) is 1.28. The van der Waals surface area contributed by atoms with Crippen molar-refractivity contribution in [2.75, 3.05) is 0 Å². The van der Waals surface area contributed by atoms with Crippen LogP contribution in [-0.2, 0) is 16.6 Å². The number of carbonyl (C=O) groups is 1. The van der Waals surface area contributed by atoms with Gasteiger partial charge in [0.2, 0.25) is 10.0 Å². The van der Waals surface area contributed by atoms with Gasteiger partial charge in [0.15, 0.2) is 0 Å². The van der Waals surface area contributed by atoms with Gasteiger partial charge >= 0.3 is 5.97 Å². The van der Waals surface area contributed by atoms with Crippen LogP contribution in [0.25, 0.3) is 0 Å². The molecule has 0 aliphatic heterocycles. The largest absolute Gasteiger partial charge is 0.477 e. The van der Waals surface area contributed by atoms with Crippen LogP contribution in [0.4, 0.5) is 0 Å². The summed E-state index contributed by atoms with van der Waals surface area (Å²) in [4.78, 5) is 11.0. The maximum absolute atomic E-state index is 12.1. The van der Waals surface area contributed by atoms with Crippen LogP contribution in [0.15, 0.2) is 40.6 Å². The van der Waals surface area contributed by atoms with E-state index in [-0.39, 0.29) is 15.6 Å². The van der Waals surface area contributed by atoms with E-state index in [9.17, 15) is 13.2 Å². The molecular formula is C13H13NO4S2. The first-order valence-electron chi connectivity index (χ1n) is 5.77. The maximum atomic E-state index is 12.1. The molecule has 0 spiro atoms. The van der Waals surface area contributed by atoms with Crippen molar-refractivity contribution in [2.24, 2.45) is 0 Å². The second-order valence-electron chi connectivity index (χ2n) is 4.19. The zero-order chi connectivity index (χ0) is 14.8. The quantitative estimate of drug-likeness (QED) is 0.887. The predicted octanol–water partition coefficient (Wildman–Crippen LogP) is 2.23. The molecule has 0 saturated heterocycles. The lowest BCUT2D eigenvalue weighted by Crippen LogP contribution is -2.22.